The second-order valence-electron chi connectivity index (χ2n) is 7.48. The van der Waals surface area contributed by atoms with E-state index in [-0.39, 0.29) is 5.91 Å². The van der Waals surface area contributed by atoms with E-state index in [1.807, 2.05) is 49.4 Å². The van der Waals surface area contributed by atoms with Crippen LogP contribution in [0.1, 0.15) is 27.2 Å². The number of hydrogen-bond donors (Lipinski definition) is 2. The maximum absolute atomic E-state index is 12.9. The van der Waals surface area contributed by atoms with Gasteiger partial charge < -0.3 is 15.4 Å². The van der Waals surface area contributed by atoms with Crippen LogP contribution in [0.25, 0.3) is 10.9 Å². The number of rotatable bonds is 4. The van der Waals surface area contributed by atoms with Crippen LogP contribution in [0, 0.1) is 6.92 Å². The van der Waals surface area contributed by atoms with Crippen LogP contribution in [0.4, 0.5) is 5.69 Å². The third-order valence-corrected chi connectivity index (χ3v) is 5.27. The fraction of sp³-hybridized carbons (Fsp3) is 0.167. The molecule has 7 heteroatoms. The Balaban J connectivity index is 1.43. The number of aryl methyl sites for hydroxylation is 1. The van der Waals surface area contributed by atoms with Crippen molar-refractivity contribution in [2.75, 3.05) is 11.9 Å². The maximum Gasteiger partial charge on any atom is 0.256 e. The average molecular weight is 411 g/mol. The van der Waals surface area contributed by atoms with E-state index in [0.29, 0.717) is 29.4 Å². The molecule has 31 heavy (non-hydrogen) atoms. The molecule has 0 fully saturated rings. The first-order valence-corrected chi connectivity index (χ1v) is 10.2. The molecular formula is C24H21N5O2. The first kappa shape index (κ1) is 19.1. The van der Waals surface area contributed by atoms with E-state index < -0.39 is 0 Å². The van der Waals surface area contributed by atoms with Crippen LogP contribution in [0.15, 0.2) is 60.9 Å². The zero-order valence-corrected chi connectivity index (χ0v) is 17.1. The number of pyridine rings is 1. The highest BCUT2D eigenvalue weighted by atomic mass is 16.5. The quantitative estimate of drug-likeness (QED) is 0.527. The minimum absolute atomic E-state index is 0.177. The van der Waals surface area contributed by atoms with Crippen molar-refractivity contribution in [3.63, 3.8) is 0 Å². The zero-order valence-electron chi connectivity index (χ0n) is 17.1. The molecule has 0 bridgehead atoms. The van der Waals surface area contributed by atoms with E-state index in [1.54, 1.807) is 12.1 Å². The van der Waals surface area contributed by atoms with Crippen molar-refractivity contribution in [2.24, 2.45) is 0 Å². The second kappa shape index (κ2) is 8.12. The Kier molecular flexibility index (Phi) is 5.01. The number of benzene rings is 2. The third kappa shape index (κ3) is 3.95. The number of hydrogen-bond acceptors (Lipinski definition) is 6. The number of fused-ring (bicyclic) bond motifs is 2. The molecule has 0 aliphatic carbocycles. The average Bonchev–Trinajstić information content (AvgIpc) is 2.79. The van der Waals surface area contributed by atoms with Gasteiger partial charge in [0.05, 0.1) is 11.2 Å². The molecule has 7 nitrogen and oxygen atoms in total. The van der Waals surface area contributed by atoms with E-state index in [9.17, 15) is 4.79 Å². The highest BCUT2D eigenvalue weighted by molar-refractivity contribution is 6.12. The second-order valence-corrected chi connectivity index (χ2v) is 7.48. The molecular weight excluding hydrogens is 390 g/mol. The molecule has 0 radical (unpaired) electrons. The molecule has 0 unspecified atom stereocenters. The van der Waals surface area contributed by atoms with Gasteiger partial charge in [-0.15, -0.1) is 0 Å². The summed E-state index contributed by atoms with van der Waals surface area (Å²) in [6.45, 7) is 3.56. The van der Waals surface area contributed by atoms with Gasteiger partial charge in [0, 0.05) is 34.8 Å². The summed E-state index contributed by atoms with van der Waals surface area (Å²) >= 11 is 0. The Hall–Kier alpha value is -3.84. The fourth-order valence-electron chi connectivity index (χ4n) is 3.75. The Morgan fingerprint density at radius 2 is 2.00 bits per heavy atom. The summed E-state index contributed by atoms with van der Waals surface area (Å²) in [7, 11) is 0. The Bertz CT molecular complexity index is 1290. The smallest absolute Gasteiger partial charge is 0.256 e. The van der Waals surface area contributed by atoms with Crippen molar-refractivity contribution in [1.82, 2.24) is 20.3 Å². The number of aromatic nitrogens is 3. The SMILES string of the molecule is Cc1cccc(NC(=O)c2cccc3nc(Oc4ncnc5c4CCNC5)ccc23)c1. The van der Waals surface area contributed by atoms with Crippen molar-refractivity contribution in [1.29, 1.82) is 0 Å². The molecule has 2 N–H and O–H groups in total. The largest absolute Gasteiger partial charge is 0.420 e. The van der Waals surface area contributed by atoms with Crippen molar-refractivity contribution in [2.45, 2.75) is 19.9 Å². The van der Waals surface area contributed by atoms with Gasteiger partial charge in [-0.2, -0.15) is 0 Å². The lowest BCUT2D eigenvalue weighted by atomic mass is 10.1. The van der Waals surface area contributed by atoms with Crippen LogP contribution in [0.3, 0.4) is 0 Å². The van der Waals surface area contributed by atoms with E-state index in [2.05, 4.69) is 25.6 Å². The van der Waals surface area contributed by atoms with Gasteiger partial charge in [0.25, 0.3) is 5.91 Å². The van der Waals surface area contributed by atoms with Gasteiger partial charge in [0.2, 0.25) is 11.8 Å². The molecule has 2 aromatic heterocycles. The minimum atomic E-state index is -0.177. The molecule has 2 aromatic carbocycles. The summed E-state index contributed by atoms with van der Waals surface area (Å²) in [5.41, 5.74) is 5.05. The molecule has 1 aliphatic heterocycles. The van der Waals surface area contributed by atoms with Gasteiger partial charge in [0.1, 0.15) is 6.33 Å². The number of nitrogens with zero attached hydrogens (tertiary/aromatic N) is 3. The molecule has 0 atom stereocenters. The number of carbonyl (C=O) groups is 1. The maximum atomic E-state index is 12.9. The molecule has 1 amide bonds. The van der Waals surface area contributed by atoms with Crippen LogP contribution >= 0.6 is 0 Å². The molecule has 0 saturated carbocycles. The van der Waals surface area contributed by atoms with Crippen LogP contribution in [-0.2, 0) is 13.0 Å². The van der Waals surface area contributed by atoms with Gasteiger partial charge in [-0.3, -0.25) is 4.79 Å². The van der Waals surface area contributed by atoms with Crippen LogP contribution < -0.4 is 15.4 Å². The van der Waals surface area contributed by atoms with E-state index in [1.165, 1.54) is 6.33 Å². The van der Waals surface area contributed by atoms with E-state index in [4.69, 9.17) is 4.74 Å². The van der Waals surface area contributed by atoms with Crippen LogP contribution in [-0.4, -0.2) is 27.4 Å². The van der Waals surface area contributed by atoms with E-state index in [0.717, 1.165) is 40.9 Å². The first-order chi connectivity index (χ1) is 15.2. The summed E-state index contributed by atoms with van der Waals surface area (Å²) in [5, 5.41) is 7.01. The standard InChI is InChI=1S/C24H21N5O2/c1-15-4-2-5-16(12-15)28-23(30)18-6-3-7-20-17(18)8-9-22(29-20)31-24-19-10-11-25-13-21(19)26-14-27-24/h2-9,12,14,25H,10-11,13H2,1H3,(H,28,30). The number of nitrogens with one attached hydrogen (secondary N) is 2. The summed E-state index contributed by atoms with van der Waals surface area (Å²) < 4.78 is 6.00. The van der Waals surface area contributed by atoms with Crippen molar-refractivity contribution >= 4 is 22.5 Å². The molecule has 1 aliphatic rings. The van der Waals surface area contributed by atoms with Crippen molar-refractivity contribution < 1.29 is 9.53 Å². The molecule has 0 spiro atoms. The normalized spacial score (nSPS) is 12.9. The molecule has 3 heterocycles. The number of anilines is 1. The van der Waals surface area contributed by atoms with Gasteiger partial charge in [0.15, 0.2) is 0 Å². The van der Waals surface area contributed by atoms with E-state index >= 15 is 0 Å². The lowest BCUT2D eigenvalue weighted by molar-refractivity contribution is 0.102. The zero-order chi connectivity index (χ0) is 21.2. The topological polar surface area (TPSA) is 89.0 Å². The minimum Gasteiger partial charge on any atom is -0.420 e. The first-order valence-electron chi connectivity index (χ1n) is 10.2. The highest BCUT2D eigenvalue weighted by Gasteiger charge is 2.18. The predicted molar refractivity (Wildman–Crippen MR) is 118 cm³/mol. The van der Waals surface area contributed by atoms with Gasteiger partial charge in [-0.1, -0.05) is 18.2 Å². The summed E-state index contributed by atoms with van der Waals surface area (Å²) in [6.07, 6.45) is 2.32. The van der Waals surface area contributed by atoms with Crippen LogP contribution in [0.2, 0.25) is 0 Å². The Labute approximate surface area is 179 Å². The lowest BCUT2D eigenvalue weighted by Gasteiger charge is -2.18. The fourth-order valence-corrected chi connectivity index (χ4v) is 3.75. The Morgan fingerprint density at radius 1 is 1.10 bits per heavy atom. The molecule has 4 aromatic rings. The van der Waals surface area contributed by atoms with Gasteiger partial charge in [-0.05, 0) is 55.8 Å². The molecule has 0 saturated heterocycles. The predicted octanol–water partition coefficient (Wildman–Crippen LogP) is 4.02. The Morgan fingerprint density at radius 3 is 2.90 bits per heavy atom. The molecule has 5 rings (SSSR count). The van der Waals surface area contributed by atoms with Gasteiger partial charge in [-0.25, -0.2) is 15.0 Å². The molecule has 154 valence electrons. The number of ether oxygens (including phenoxy) is 1. The summed E-state index contributed by atoms with van der Waals surface area (Å²) in [4.78, 5) is 26.1. The number of carbonyl (C=O) groups excluding carboxylic acids is 1. The monoisotopic (exact) mass is 411 g/mol. The summed E-state index contributed by atoms with van der Waals surface area (Å²) in [6, 6.07) is 16.8. The van der Waals surface area contributed by atoms with Crippen molar-refractivity contribution in [3.8, 4) is 11.8 Å². The lowest BCUT2D eigenvalue weighted by Crippen LogP contribution is -2.25. The van der Waals surface area contributed by atoms with Gasteiger partial charge >= 0.3 is 0 Å². The van der Waals surface area contributed by atoms with Crippen LogP contribution in [0.5, 0.6) is 11.8 Å². The third-order valence-electron chi connectivity index (χ3n) is 5.27. The number of amides is 1. The van der Waals surface area contributed by atoms with Crippen molar-refractivity contribution in [3.05, 3.63) is 83.3 Å². The summed E-state index contributed by atoms with van der Waals surface area (Å²) in [5.74, 6) is 0.791. The highest BCUT2D eigenvalue weighted by Crippen LogP contribution is 2.28.